The molecule has 0 fully saturated rings. The predicted molar refractivity (Wildman–Crippen MR) is 68.4 cm³/mol. The van der Waals surface area contributed by atoms with Crippen LogP contribution in [0.15, 0.2) is 48.7 Å². The van der Waals surface area contributed by atoms with E-state index < -0.39 is 41.7 Å². The predicted octanol–water partition coefficient (Wildman–Crippen LogP) is 3.23. The summed E-state index contributed by atoms with van der Waals surface area (Å²) in [6, 6.07) is 6.86. The zero-order chi connectivity index (χ0) is 16.4. The molecule has 0 bridgehead atoms. The standard InChI is InChI=1S/C14H9ClN2O/c15-12-5-1-3-10(7-12)13(8-16)14(18)11-4-2-6-17-9-11/h1-7,9,13H/i2D,4D,6D,9D. The maximum Gasteiger partial charge on any atom is 0.185 e. The molecule has 0 spiro atoms. The van der Waals surface area contributed by atoms with Gasteiger partial charge in [0.05, 0.1) is 11.6 Å². The quantitative estimate of drug-likeness (QED) is 0.796. The molecule has 1 atom stereocenters. The Morgan fingerprint density at radius 2 is 2.39 bits per heavy atom. The first-order valence-corrected chi connectivity index (χ1v) is 5.38. The molecule has 0 aliphatic rings. The number of carbonyl (C=O) groups is 1. The van der Waals surface area contributed by atoms with Gasteiger partial charge in [0.25, 0.3) is 0 Å². The lowest BCUT2D eigenvalue weighted by Crippen LogP contribution is -2.11. The summed E-state index contributed by atoms with van der Waals surface area (Å²) in [7, 11) is 0. The molecule has 0 aliphatic heterocycles. The zero-order valence-corrected chi connectivity index (χ0v) is 9.82. The van der Waals surface area contributed by atoms with Gasteiger partial charge in [-0.25, -0.2) is 0 Å². The summed E-state index contributed by atoms with van der Waals surface area (Å²) < 4.78 is 30.3. The minimum atomic E-state index is -1.26. The van der Waals surface area contributed by atoms with Gasteiger partial charge >= 0.3 is 0 Å². The molecule has 18 heavy (non-hydrogen) atoms. The molecule has 0 saturated carbocycles. The Balaban J connectivity index is 2.56. The molecule has 0 saturated heterocycles. The number of aromatic nitrogens is 1. The molecule has 2 rings (SSSR count). The van der Waals surface area contributed by atoms with Gasteiger partial charge in [-0.05, 0) is 29.8 Å². The Hall–Kier alpha value is -2.18. The third-order valence-electron chi connectivity index (χ3n) is 2.29. The van der Waals surface area contributed by atoms with Crippen LogP contribution in [0.25, 0.3) is 0 Å². The second-order valence-corrected chi connectivity index (χ2v) is 3.88. The van der Waals surface area contributed by atoms with Crippen molar-refractivity contribution in [3.8, 4) is 6.07 Å². The van der Waals surface area contributed by atoms with Crippen molar-refractivity contribution in [2.24, 2.45) is 0 Å². The van der Waals surface area contributed by atoms with E-state index in [-0.39, 0.29) is 0 Å². The molecular weight excluding hydrogens is 248 g/mol. The van der Waals surface area contributed by atoms with E-state index in [0.29, 0.717) is 10.6 Å². The number of hydrogen-bond donors (Lipinski definition) is 0. The maximum atomic E-state index is 12.5. The SMILES string of the molecule is [2H]c1nc([2H])c(C(=O)C(C#N)c2cccc(Cl)c2)c([2H])c1[2H]. The highest BCUT2D eigenvalue weighted by Crippen LogP contribution is 2.22. The van der Waals surface area contributed by atoms with Gasteiger partial charge < -0.3 is 0 Å². The number of benzene rings is 1. The highest BCUT2D eigenvalue weighted by molar-refractivity contribution is 6.30. The molecule has 1 aromatic heterocycles. The third-order valence-corrected chi connectivity index (χ3v) is 2.52. The summed E-state index contributed by atoms with van der Waals surface area (Å²) in [5.41, 5.74) is -0.104. The molecule has 4 heteroatoms. The van der Waals surface area contributed by atoms with E-state index >= 15 is 0 Å². The largest absolute Gasteiger partial charge is 0.292 e. The molecule has 3 nitrogen and oxygen atoms in total. The minimum absolute atomic E-state index is 0.334. The fraction of sp³-hybridized carbons (Fsp3) is 0.0714. The number of pyridine rings is 1. The number of rotatable bonds is 3. The molecule has 88 valence electrons. The van der Waals surface area contributed by atoms with Gasteiger partial charge in [-0.15, -0.1) is 0 Å². The molecule has 2 aromatic rings. The van der Waals surface area contributed by atoms with E-state index in [9.17, 15) is 10.1 Å². The van der Waals surface area contributed by atoms with Crippen molar-refractivity contribution in [1.29, 1.82) is 5.26 Å². The number of Topliss-reactive ketones (excluding diaryl/α,β-unsaturated/α-hetero) is 1. The summed E-state index contributed by atoms with van der Waals surface area (Å²) in [4.78, 5) is 16.0. The number of halogens is 1. The lowest BCUT2D eigenvalue weighted by molar-refractivity contribution is 0.0978. The van der Waals surface area contributed by atoms with E-state index in [1.165, 1.54) is 6.07 Å². The minimum Gasteiger partial charge on any atom is -0.292 e. The van der Waals surface area contributed by atoms with E-state index in [4.69, 9.17) is 17.1 Å². The number of carbonyl (C=O) groups excluding carboxylic acids is 1. The fourth-order valence-electron chi connectivity index (χ4n) is 1.46. The zero-order valence-electron chi connectivity index (χ0n) is 13.1. The lowest BCUT2D eigenvalue weighted by Gasteiger charge is -2.08. The lowest BCUT2D eigenvalue weighted by atomic mass is 9.93. The molecule has 1 heterocycles. The first kappa shape index (κ1) is 8.02. The van der Waals surface area contributed by atoms with Crippen molar-refractivity contribution >= 4 is 17.4 Å². The topological polar surface area (TPSA) is 53.8 Å². The Kier molecular flexibility index (Phi) is 2.42. The van der Waals surface area contributed by atoms with Gasteiger partial charge in [-0.2, -0.15) is 5.26 Å². The highest BCUT2D eigenvalue weighted by atomic mass is 35.5. The van der Waals surface area contributed by atoms with Crippen LogP contribution >= 0.6 is 11.6 Å². The van der Waals surface area contributed by atoms with E-state index in [0.717, 1.165) is 0 Å². The van der Waals surface area contributed by atoms with E-state index in [2.05, 4.69) is 4.98 Å². The monoisotopic (exact) mass is 260 g/mol. The second-order valence-electron chi connectivity index (χ2n) is 3.44. The first-order valence-electron chi connectivity index (χ1n) is 7.00. The molecule has 0 amide bonds. The second kappa shape index (κ2) is 5.44. The summed E-state index contributed by atoms with van der Waals surface area (Å²) in [6.45, 7) is 0. The molecule has 0 radical (unpaired) electrons. The summed E-state index contributed by atoms with van der Waals surface area (Å²) in [6.07, 6.45) is -1.14. The molecule has 0 N–H and O–H groups in total. The highest BCUT2D eigenvalue weighted by Gasteiger charge is 2.21. The van der Waals surface area contributed by atoms with Gasteiger partial charge in [0.15, 0.2) is 5.78 Å². The van der Waals surface area contributed by atoms with Crippen LogP contribution in [0, 0.1) is 11.3 Å². The fourth-order valence-corrected chi connectivity index (χ4v) is 1.66. The van der Waals surface area contributed by atoms with Crippen LogP contribution in [0.3, 0.4) is 0 Å². The van der Waals surface area contributed by atoms with Crippen LogP contribution in [0.5, 0.6) is 0 Å². The van der Waals surface area contributed by atoms with Crippen LogP contribution < -0.4 is 0 Å². The molecule has 1 unspecified atom stereocenters. The average Bonchev–Trinajstić information content (AvgIpc) is 2.46. The Labute approximate surface area is 115 Å². The summed E-state index contributed by atoms with van der Waals surface area (Å²) >= 11 is 5.84. The van der Waals surface area contributed by atoms with Gasteiger partial charge in [0.1, 0.15) is 5.92 Å². The van der Waals surface area contributed by atoms with Crippen LogP contribution in [-0.2, 0) is 0 Å². The number of ketones is 1. The number of hydrogen-bond acceptors (Lipinski definition) is 3. The Morgan fingerprint density at radius 1 is 1.56 bits per heavy atom. The summed E-state index contributed by atoms with van der Waals surface area (Å²) in [5, 5.41) is 9.62. The van der Waals surface area contributed by atoms with Crippen molar-refractivity contribution in [3.05, 3.63) is 64.8 Å². The van der Waals surface area contributed by atoms with E-state index in [1.807, 2.05) is 6.07 Å². The van der Waals surface area contributed by atoms with Gasteiger partial charge in [0, 0.05) is 22.9 Å². The van der Waals surface area contributed by atoms with Gasteiger partial charge in [-0.1, -0.05) is 23.7 Å². The van der Waals surface area contributed by atoms with Crippen molar-refractivity contribution in [2.75, 3.05) is 0 Å². The van der Waals surface area contributed by atoms with Crippen LogP contribution in [0.2, 0.25) is 5.02 Å². The van der Waals surface area contributed by atoms with Crippen LogP contribution in [-0.4, -0.2) is 10.8 Å². The van der Waals surface area contributed by atoms with Crippen molar-refractivity contribution < 1.29 is 10.3 Å². The van der Waals surface area contributed by atoms with Crippen molar-refractivity contribution in [1.82, 2.24) is 4.98 Å². The first-order chi connectivity index (χ1) is 10.4. The summed E-state index contributed by atoms with van der Waals surface area (Å²) in [5.74, 6) is -2.06. The van der Waals surface area contributed by atoms with Crippen molar-refractivity contribution in [2.45, 2.75) is 5.92 Å². The maximum absolute atomic E-state index is 12.5. The normalized spacial score (nSPS) is 14.7. The third kappa shape index (κ3) is 2.55. The molecule has 0 aliphatic carbocycles. The van der Waals surface area contributed by atoms with Crippen LogP contribution in [0.1, 0.15) is 27.3 Å². The molecule has 1 aromatic carbocycles. The van der Waals surface area contributed by atoms with Gasteiger partial charge in [-0.3, -0.25) is 9.78 Å². The smallest absolute Gasteiger partial charge is 0.185 e. The number of nitriles is 1. The van der Waals surface area contributed by atoms with E-state index in [1.54, 1.807) is 18.2 Å². The average molecular weight is 261 g/mol. The Morgan fingerprint density at radius 3 is 3.11 bits per heavy atom. The Bertz CT molecular complexity index is 804. The molecular formula is C14H9ClN2O. The number of nitrogens with zero attached hydrogens (tertiary/aromatic N) is 2. The van der Waals surface area contributed by atoms with Crippen molar-refractivity contribution in [3.63, 3.8) is 0 Å². The van der Waals surface area contributed by atoms with Gasteiger partial charge in [0.2, 0.25) is 0 Å². The van der Waals surface area contributed by atoms with Crippen LogP contribution in [0.4, 0.5) is 0 Å².